The number of anilines is 1. The van der Waals surface area contributed by atoms with Gasteiger partial charge in [0.25, 0.3) is 0 Å². The van der Waals surface area contributed by atoms with Gasteiger partial charge in [0.05, 0.1) is 11.9 Å². The Morgan fingerprint density at radius 2 is 1.96 bits per heavy atom. The molecule has 0 bridgehead atoms. The maximum atomic E-state index is 12.5. The van der Waals surface area contributed by atoms with Crippen molar-refractivity contribution in [3.05, 3.63) is 41.3 Å². The molecule has 0 spiro atoms. The number of rotatable bonds is 4. The zero-order valence-corrected chi connectivity index (χ0v) is 15.9. The molecule has 0 unspecified atom stereocenters. The topological polar surface area (TPSA) is 84.4 Å². The van der Waals surface area contributed by atoms with Gasteiger partial charge in [-0.25, -0.2) is 9.97 Å². The van der Waals surface area contributed by atoms with Gasteiger partial charge in [0.1, 0.15) is 29.4 Å². The van der Waals surface area contributed by atoms with E-state index in [9.17, 15) is 4.79 Å². The number of hydrogen-bond donors (Lipinski definition) is 1. The highest BCUT2D eigenvalue weighted by Crippen LogP contribution is 2.32. The molecule has 1 aliphatic heterocycles. The first-order valence-corrected chi connectivity index (χ1v) is 9.31. The lowest BCUT2D eigenvalue weighted by molar-refractivity contribution is -0.125. The number of aryl methyl sites for hydroxylation is 3. The van der Waals surface area contributed by atoms with E-state index in [2.05, 4.69) is 20.2 Å². The minimum Gasteiger partial charge on any atom is -0.465 e. The summed E-state index contributed by atoms with van der Waals surface area (Å²) in [6.07, 6.45) is 3.14. The van der Waals surface area contributed by atoms with Crippen molar-refractivity contribution in [2.45, 2.75) is 40.2 Å². The number of furan rings is 2. The Balaban J connectivity index is 1.40. The van der Waals surface area contributed by atoms with Gasteiger partial charge in [0.15, 0.2) is 0 Å². The zero-order chi connectivity index (χ0) is 19.0. The lowest BCUT2D eigenvalue weighted by atomic mass is 9.95. The highest BCUT2D eigenvalue weighted by atomic mass is 16.3. The summed E-state index contributed by atoms with van der Waals surface area (Å²) in [5.74, 6) is 3.52. The fraction of sp³-hybridized carbons (Fsp3) is 0.450. The van der Waals surface area contributed by atoms with Gasteiger partial charge in [-0.3, -0.25) is 4.79 Å². The molecule has 0 radical (unpaired) electrons. The number of amides is 1. The SMILES string of the molecule is Cc1ccc(CNC(=O)C2CCN(c3ncnc4oc(C)c(C)c34)CC2)o1. The third kappa shape index (κ3) is 3.41. The van der Waals surface area contributed by atoms with Gasteiger partial charge in [-0.05, 0) is 45.7 Å². The lowest BCUT2D eigenvalue weighted by Crippen LogP contribution is -2.40. The van der Waals surface area contributed by atoms with Crippen molar-refractivity contribution in [3.63, 3.8) is 0 Å². The van der Waals surface area contributed by atoms with Crippen LogP contribution in [0.15, 0.2) is 27.3 Å². The van der Waals surface area contributed by atoms with Gasteiger partial charge in [-0.2, -0.15) is 0 Å². The molecule has 0 saturated carbocycles. The van der Waals surface area contributed by atoms with Crippen LogP contribution in [0.2, 0.25) is 0 Å². The quantitative estimate of drug-likeness (QED) is 0.761. The number of fused-ring (bicyclic) bond motifs is 1. The minimum absolute atomic E-state index is 0.0156. The molecule has 4 rings (SSSR count). The first-order chi connectivity index (χ1) is 13.0. The molecule has 7 heteroatoms. The van der Waals surface area contributed by atoms with Gasteiger partial charge in [0, 0.05) is 24.6 Å². The van der Waals surface area contributed by atoms with Crippen molar-refractivity contribution in [2.24, 2.45) is 5.92 Å². The van der Waals surface area contributed by atoms with E-state index in [0.717, 1.165) is 60.0 Å². The molecule has 0 aromatic carbocycles. The van der Waals surface area contributed by atoms with Crippen LogP contribution in [-0.2, 0) is 11.3 Å². The molecule has 1 amide bonds. The highest BCUT2D eigenvalue weighted by Gasteiger charge is 2.27. The summed E-state index contributed by atoms with van der Waals surface area (Å²) in [5, 5.41) is 3.96. The number of piperidine rings is 1. The third-order valence-corrected chi connectivity index (χ3v) is 5.34. The average Bonchev–Trinajstić information content (AvgIpc) is 3.22. The lowest BCUT2D eigenvalue weighted by Gasteiger charge is -2.32. The summed E-state index contributed by atoms with van der Waals surface area (Å²) in [7, 11) is 0. The van der Waals surface area contributed by atoms with E-state index in [4.69, 9.17) is 8.83 Å². The van der Waals surface area contributed by atoms with Crippen LogP contribution in [-0.4, -0.2) is 29.0 Å². The smallest absolute Gasteiger partial charge is 0.231 e. The van der Waals surface area contributed by atoms with Gasteiger partial charge in [0.2, 0.25) is 11.6 Å². The normalized spacial score (nSPS) is 15.4. The predicted octanol–water partition coefficient (Wildman–Crippen LogP) is 3.27. The number of aromatic nitrogens is 2. The summed E-state index contributed by atoms with van der Waals surface area (Å²) < 4.78 is 11.2. The predicted molar refractivity (Wildman–Crippen MR) is 102 cm³/mol. The monoisotopic (exact) mass is 368 g/mol. The molecular formula is C20H24N4O3. The van der Waals surface area contributed by atoms with E-state index < -0.39 is 0 Å². The largest absolute Gasteiger partial charge is 0.465 e. The maximum Gasteiger partial charge on any atom is 0.231 e. The first-order valence-electron chi connectivity index (χ1n) is 9.31. The van der Waals surface area contributed by atoms with E-state index in [1.165, 1.54) is 0 Å². The number of carbonyl (C=O) groups is 1. The van der Waals surface area contributed by atoms with Crippen molar-refractivity contribution in [1.82, 2.24) is 15.3 Å². The first kappa shape index (κ1) is 17.6. The van der Waals surface area contributed by atoms with Gasteiger partial charge < -0.3 is 19.1 Å². The molecule has 1 N–H and O–H groups in total. The fourth-order valence-electron chi connectivity index (χ4n) is 3.66. The molecule has 27 heavy (non-hydrogen) atoms. The van der Waals surface area contributed by atoms with Crippen LogP contribution in [0.25, 0.3) is 11.1 Å². The molecule has 1 fully saturated rings. The van der Waals surface area contributed by atoms with Crippen molar-refractivity contribution >= 4 is 22.8 Å². The minimum atomic E-state index is 0.0156. The maximum absolute atomic E-state index is 12.5. The van der Waals surface area contributed by atoms with Crippen LogP contribution in [0, 0.1) is 26.7 Å². The molecule has 142 valence electrons. The molecule has 3 aromatic heterocycles. The standard InChI is InChI=1S/C20H24N4O3/c1-12-4-5-16(26-12)10-21-19(25)15-6-8-24(9-7-15)18-17-13(2)14(3)27-20(17)23-11-22-18/h4-5,11,15H,6-10H2,1-3H3,(H,21,25). The van der Waals surface area contributed by atoms with Gasteiger partial charge in [-0.1, -0.05) is 0 Å². The number of nitrogens with one attached hydrogen (secondary N) is 1. The van der Waals surface area contributed by atoms with Crippen LogP contribution in [0.1, 0.15) is 35.7 Å². The fourth-order valence-corrected chi connectivity index (χ4v) is 3.66. The number of hydrogen-bond acceptors (Lipinski definition) is 6. The summed E-state index contributed by atoms with van der Waals surface area (Å²) in [4.78, 5) is 23.4. The van der Waals surface area contributed by atoms with E-state index >= 15 is 0 Å². The van der Waals surface area contributed by atoms with Crippen molar-refractivity contribution < 1.29 is 13.6 Å². The Hall–Kier alpha value is -2.83. The second-order valence-corrected chi connectivity index (χ2v) is 7.15. The number of nitrogens with zero attached hydrogens (tertiary/aromatic N) is 3. The summed E-state index contributed by atoms with van der Waals surface area (Å²) in [5.41, 5.74) is 1.71. The van der Waals surface area contributed by atoms with E-state index in [-0.39, 0.29) is 11.8 Å². The van der Waals surface area contributed by atoms with Crippen LogP contribution in [0.5, 0.6) is 0 Å². The van der Waals surface area contributed by atoms with E-state index in [1.54, 1.807) is 6.33 Å². The van der Waals surface area contributed by atoms with Crippen molar-refractivity contribution in [1.29, 1.82) is 0 Å². The second-order valence-electron chi connectivity index (χ2n) is 7.15. The molecule has 3 aromatic rings. The van der Waals surface area contributed by atoms with Crippen LogP contribution in [0.4, 0.5) is 5.82 Å². The van der Waals surface area contributed by atoms with Crippen LogP contribution in [0.3, 0.4) is 0 Å². The van der Waals surface area contributed by atoms with E-state index in [0.29, 0.717) is 12.3 Å². The summed E-state index contributed by atoms with van der Waals surface area (Å²) in [6.45, 7) is 7.88. The Kier molecular flexibility index (Phi) is 4.59. The third-order valence-electron chi connectivity index (χ3n) is 5.34. The van der Waals surface area contributed by atoms with E-state index in [1.807, 2.05) is 32.9 Å². The molecule has 4 heterocycles. The second kappa shape index (κ2) is 7.06. The van der Waals surface area contributed by atoms with Crippen LogP contribution < -0.4 is 10.2 Å². The molecule has 1 saturated heterocycles. The molecule has 7 nitrogen and oxygen atoms in total. The molecule has 1 aliphatic rings. The van der Waals surface area contributed by atoms with Crippen molar-refractivity contribution in [2.75, 3.05) is 18.0 Å². The Bertz CT molecular complexity index is 967. The molecule has 0 atom stereocenters. The molecular weight excluding hydrogens is 344 g/mol. The summed E-state index contributed by atoms with van der Waals surface area (Å²) >= 11 is 0. The molecule has 0 aliphatic carbocycles. The Labute approximate surface area is 157 Å². The zero-order valence-electron chi connectivity index (χ0n) is 15.9. The summed E-state index contributed by atoms with van der Waals surface area (Å²) in [6, 6.07) is 3.80. The Morgan fingerprint density at radius 3 is 2.67 bits per heavy atom. The van der Waals surface area contributed by atoms with Crippen LogP contribution >= 0.6 is 0 Å². The van der Waals surface area contributed by atoms with Crippen molar-refractivity contribution in [3.8, 4) is 0 Å². The number of carbonyl (C=O) groups excluding carboxylic acids is 1. The van der Waals surface area contributed by atoms with Gasteiger partial charge in [-0.15, -0.1) is 0 Å². The van der Waals surface area contributed by atoms with Gasteiger partial charge >= 0.3 is 0 Å². The average molecular weight is 368 g/mol. The highest BCUT2D eigenvalue weighted by molar-refractivity contribution is 5.90. The Morgan fingerprint density at radius 1 is 1.19 bits per heavy atom.